The first-order valence-electron chi connectivity index (χ1n) is 12.2. The Morgan fingerprint density at radius 1 is 0.971 bits per heavy atom. The fourth-order valence-electron chi connectivity index (χ4n) is 5.09. The molecule has 0 spiro atoms. The highest BCUT2D eigenvalue weighted by atomic mass is 16.5. The van der Waals surface area contributed by atoms with Gasteiger partial charge in [0.2, 0.25) is 0 Å². The molecule has 3 aromatic carbocycles. The van der Waals surface area contributed by atoms with Gasteiger partial charge >= 0.3 is 5.97 Å². The van der Waals surface area contributed by atoms with Crippen molar-refractivity contribution < 1.29 is 9.53 Å². The van der Waals surface area contributed by atoms with Gasteiger partial charge in [0.1, 0.15) is 5.41 Å². The SMILES string of the molecule is CCOC(=O)c1ccc(C2CCCCN2CCC(C#N)(c2ccccc2)c2ccccc2)cc1. The summed E-state index contributed by atoms with van der Waals surface area (Å²) >= 11 is 0. The smallest absolute Gasteiger partial charge is 0.338 e. The number of rotatable bonds is 8. The Morgan fingerprint density at radius 3 is 2.15 bits per heavy atom. The minimum Gasteiger partial charge on any atom is -0.462 e. The number of nitriles is 1. The number of hydrogen-bond acceptors (Lipinski definition) is 4. The third-order valence-corrected chi connectivity index (χ3v) is 6.92. The van der Waals surface area contributed by atoms with Gasteiger partial charge < -0.3 is 4.74 Å². The molecular weight excluding hydrogens is 420 g/mol. The fraction of sp³-hybridized carbons (Fsp3) is 0.333. The molecule has 1 aliphatic rings. The summed E-state index contributed by atoms with van der Waals surface area (Å²) in [5, 5.41) is 10.5. The van der Waals surface area contributed by atoms with E-state index in [1.807, 2.05) is 55.5 Å². The van der Waals surface area contributed by atoms with Gasteiger partial charge in [-0.15, -0.1) is 0 Å². The topological polar surface area (TPSA) is 53.3 Å². The maximum Gasteiger partial charge on any atom is 0.338 e. The molecular formula is C30H32N2O2. The Bertz CT molecular complexity index is 1060. The molecule has 4 heteroatoms. The summed E-state index contributed by atoms with van der Waals surface area (Å²) in [5.74, 6) is -0.279. The van der Waals surface area contributed by atoms with Crippen LogP contribution >= 0.6 is 0 Å². The average Bonchev–Trinajstić information content (AvgIpc) is 2.91. The van der Waals surface area contributed by atoms with Crippen molar-refractivity contribution >= 4 is 5.97 Å². The maximum absolute atomic E-state index is 12.0. The van der Waals surface area contributed by atoms with Crippen LogP contribution in [0.25, 0.3) is 0 Å². The molecule has 1 atom stereocenters. The van der Waals surface area contributed by atoms with Crippen LogP contribution in [0.2, 0.25) is 0 Å². The Morgan fingerprint density at radius 2 is 1.59 bits per heavy atom. The highest BCUT2D eigenvalue weighted by molar-refractivity contribution is 5.89. The summed E-state index contributed by atoms with van der Waals surface area (Å²) in [6, 6.07) is 31.1. The van der Waals surface area contributed by atoms with Crippen LogP contribution in [-0.2, 0) is 10.2 Å². The van der Waals surface area contributed by atoms with Crippen LogP contribution < -0.4 is 0 Å². The molecule has 1 fully saturated rings. The largest absolute Gasteiger partial charge is 0.462 e. The lowest BCUT2D eigenvalue weighted by Crippen LogP contribution is -2.38. The molecule has 0 aliphatic carbocycles. The van der Waals surface area contributed by atoms with Gasteiger partial charge in [-0.25, -0.2) is 4.79 Å². The van der Waals surface area contributed by atoms with Crippen molar-refractivity contribution in [2.24, 2.45) is 0 Å². The average molecular weight is 453 g/mol. The zero-order valence-electron chi connectivity index (χ0n) is 19.8. The third-order valence-electron chi connectivity index (χ3n) is 6.92. The first kappa shape index (κ1) is 23.7. The highest BCUT2D eigenvalue weighted by Crippen LogP contribution is 2.38. The molecule has 0 radical (unpaired) electrons. The summed E-state index contributed by atoms with van der Waals surface area (Å²) in [4.78, 5) is 14.6. The van der Waals surface area contributed by atoms with Crippen LogP contribution in [0.4, 0.5) is 0 Å². The first-order valence-corrected chi connectivity index (χ1v) is 12.2. The van der Waals surface area contributed by atoms with Crippen molar-refractivity contribution in [3.8, 4) is 6.07 Å². The van der Waals surface area contributed by atoms with Crippen LogP contribution in [0.1, 0.15) is 65.7 Å². The Labute approximate surface area is 202 Å². The van der Waals surface area contributed by atoms with E-state index in [4.69, 9.17) is 4.74 Å². The Balaban J connectivity index is 1.58. The molecule has 1 saturated heterocycles. The second kappa shape index (κ2) is 11.1. The molecule has 0 aromatic heterocycles. The van der Waals surface area contributed by atoms with Gasteiger partial charge in [0, 0.05) is 12.6 Å². The number of carbonyl (C=O) groups is 1. The lowest BCUT2D eigenvalue weighted by atomic mass is 9.73. The maximum atomic E-state index is 12.0. The summed E-state index contributed by atoms with van der Waals surface area (Å²) in [7, 11) is 0. The normalized spacial score (nSPS) is 16.5. The lowest BCUT2D eigenvalue weighted by molar-refractivity contribution is 0.0526. The summed E-state index contributed by atoms with van der Waals surface area (Å²) in [6.45, 7) is 4.02. The minimum atomic E-state index is -0.696. The van der Waals surface area contributed by atoms with E-state index in [0.29, 0.717) is 12.2 Å². The molecule has 4 rings (SSSR count). The lowest BCUT2D eigenvalue weighted by Gasteiger charge is -2.38. The second-order valence-electron chi connectivity index (χ2n) is 8.89. The molecule has 1 unspecified atom stereocenters. The van der Waals surface area contributed by atoms with E-state index in [1.165, 1.54) is 12.0 Å². The van der Waals surface area contributed by atoms with Crippen LogP contribution in [0.15, 0.2) is 84.9 Å². The van der Waals surface area contributed by atoms with Gasteiger partial charge in [-0.1, -0.05) is 79.2 Å². The predicted octanol–water partition coefficient (Wildman–Crippen LogP) is 6.29. The van der Waals surface area contributed by atoms with E-state index in [1.54, 1.807) is 0 Å². The van der Waals surface area contributed by atoms with Crippen molar-refractivity contribution in [2.45, 2.75) is 44.1 Å². The number of carbonyl (C=O) groups excluding carboxylic acids is 1. The molecule has 1 aliphatic heterocycles. The molecule has 3 aromatic rings. The van der Waals surface area contributed by atoms with Gasteiger partial charge in [-0.2, -0.15) is 5.26 Å². The van der Waals surface area contributed by atoms with Crippen molar-refractivity contribution in [3.05, 3.63) is 107 Å². The predicted molar refractivity (Wildman–Crippen MR) is 134 cm³/mol. The summed E-state index contributed by atoms with van der Waals surface area (Å²) in [6.07, 6.45) is 4.14. The number of piperidine rings is 1. The van der Waals surface area contributed by atoms with Crippen molar-refractivity contribution in [2.75, 3.05) is 19.7 Å². The van der Waals surface area contributed by atoms with Crippen LogP contribution in [-0.4, -0.2) is 30.6 Å². The number of ether oxygens (including phenoxy) is 1. The quantitative estimate of drug-likeness (QED) is 0.377. The standard InChI is InChI=1S/C30H32N2O2/c1-2-34-29(33)25-18-16-24(17-19-25)28-15-9-10-21-32(28)22-20-30(23-31,26-11-5-3-6-12-26)27-13-7-4-8-14-27/h3-8,11-14,16-19,28H,2,9-10,15,20-22H2,1H3. The van der Waals surface area contributed by atoms with Gasteiger partial charge in [0.25, 0.3) is 0 Å². The summed E-state index contributed by atoms with van der Waals surface area (Å²) in [5.41, 5.74) is 3.18. The molecule has 174 valence electrons. The van der Waals surface area contributed by atoms with Crippen molar-refractivity contribution in [3.63, 3.8) is 0 Å². The van der Waals surface area contributed by atoms with Crippen molar-refractivity contribution in [1.29, 1.82) is 5.26 Å². The van der Waals surface area contributed by atoms with Crippen LogP contribution in [0, 0.1) is 11.3 Å². The molecule has 0 bridgehead atoms. The van der Waals surface area contributed by atoms with E-state index in [-0.39, 0.29) is 12.0 Å². The van der Waals surface area contributed by atoms with E-state index >= 15 is 0 Å². The van der Waals surface area contributed by atoms with E-state index in [9.17, 15) is 10.1 Å². The van der Waals surface area contributed by atoms with Gasteiger partial charge in [0.15, 0.2) is 0 Å². The molecule has 4 nitrogen and oxygen atoms in total. The highest BCUT2D eigenvalue weighted by Gasteiger charge is 2.36. The van der Waals surface area contributed by atoms with Gasteiger partial charge in [0.05, 0.1) is 18.2 Å². The Hall–Kier alpha value is -3.42. The van der Waals surface area contributed by atoms with Crippen LogP contribution in [0.3, 0.4) is 0 Å². The molecule has 0 N–H and O–H groups in total. The van der Waals surface area contributed by atoms with Gasteiger partial charge in [-0.05, 0) is 61.6 Å². The molecule has 0 saturated carbocycles. The van der Waals surface area contributed by atoms with Gasteiger partial charge in [-0.3, -0.25) is 4.90 Å². The monoisotopic (exact) mass is 452 g/mol. The number of benzene rings is 3. The molecule has 34 heavy (non-hydrogen) atoms. The fourth-order valence-corrected chi connectivity index (χ4v) is 5.09. The van der Waals surface area contributed by atoms with E-state index in [0.717, 1.165) is 43.5 Å². The van der Waals surface area contributed by atoms with Crippen LogP contribution in [0.5, 0.6) is 0 Å². The first-order chi connectivity index (χ1) is 16.7. The number of nitrogens with zero attached hydrogens (tertiary/aromatic N) is 2. The van der Waals surface area contributed by atoms with E-state index < -0.39 is 5.41 Å². The van der Waals surface area contributed by atoms with Crippen molar-refractivity contribution in [1.82, 2.24) is 4.90 Å². The summed E-state index contributed by atoms with van der Waals surface area (Å²) < 4.78 is 5.13. The van der Waals surface area contributed by atoms with E-state index in [2.05, 4.69) is 47.4 Å². The molecule has 0 amide bonds. The second-order valence-corrected chi connectivity index (χ2v) is 8.89. The number of esters is 1. The minimum absolute atomic E-state index is 0.279. The number of hydrogen-bond donors (Lipinski definition) is 0. The zero-order valence-corrected chi connectivity index (χ0v) is 19.8. The third kappa shape index (κ3) is 5.05. The zero-order chi connectivity index (χ0) is 23.8. The number of likely N-dealkylation sites (tertiary alicyclic amines) is 1. The Kier molecular flexibility index (Phi) is 7.77. The molecule has 1 heterocycles.